The maximum Gasteiger partial charge on any atom is 0.265 e. The second-order valence-corrected chi connectivity index (χ2v) is 5.08. The number of rotatable bonds is 4. The van der Waals surface area contributed by atoms with Gasteiger partial charge in [-0.05, 0) is 29.8 Å². The average molecular weight is 327 g/mol. The smallest absolute Gasteiger partial charge is 0.265 e. The summed E-state index contributed by atoms with van der Waals surface area (Å²) >= 11 is 0. The van der Waals surface area contributed by atoms with Gasteiger partial charge >= 0.3 is 0 Å². The van der Waals surface area contributed by atoms with Gasteiger partial charge in [0.2, 0.25) is 0 Å². The van der Waals surface area contributed by atoms with Gasteiger partial charge in [-0.2, -0.15) is 5.10 Å². The van der Waals surface area contributed by atoms with Crippen molar-refractivity contribution in [3.63, 3.8) is 0 Å². The van der Waals surface area contributed by atoms with Gasteiger partial charge in [0.1, 0.15) is 18.1 Å². The number of carbonyl (C=O) groups excluding carboxylic acids is 2. The summed E-state index contributed by atoms with van der Waals surface area (Å²) in [6.07, 6.45) is 1.40. The molecule has 0 unspecified atom stereocenters. The Labute approximate surface area is 137 Å². The molecule has 0 saturated carbocycles. The molecule has 2 aromatic carbocycles. The highest BCUT2D eigenvalue weighted by atomic mass is 19.1. The third-order valence-electron chi connectivity index (χ3n) is 3.38. The predicted molar refractivity (Wildman–Crippen MR) is 86.4 cm³/mol. The zero-order valence-electron chi connectivity index (χ0n) is 12.6. The molecule has 1 aliphatic heterocycles. The number of benzene rings is 2. The van der Waals surface area contributed by atoms with Crippen molar-refractivity contribution in [2.45, 2.75) is 0 Å². The first kappa shape index (κ1) is 15.7. The van der Waals surface area contributed by atoms with E-state index in [1.807, 2.05) is 0 Å². The second-order valence-electron chi connectivity index (χ2n) is 5.08. The number of hydrazone groups is 1. The molecule has 0 atom stereocenters. The fourth-order valence-corrected chi connectivity index (χ4v) is 2.23. The summed E-state index contributed by atoms with van der Waals surface area (Å²) in [6.45, 7) is -0.275. The maximum atomic E-state index is 12.8. The second kappa shape index (κ2) is 6.91. The first-order valence-electron chi connectivity index (χ1n) is 7.23. The molecular formula is C17H14FN3O3. The molecule has 7 heteroatoms. The Balaban J connectivity index is 1.62. The molecule has 0 aliphatic carbocycles. The minimum Gasteiger partial charge on any atom is -0.482 e. The van der Waals surface area contributed by atoms with Crippen molar-refractivity contribution >= 4 is 23.7 Å². The van der Waals surface area contributed by atoms with E-state index in [9.17, 15) is 14.0 Å². The number of halogens is 1. The van der Waals surface area contributed by atoms with E-state index >= 15 is 0 Å². The van der Waals surface area contributed by atoms with Gasteiger partial charge in [-0.15, -0.1) is 0 Å². The number of nitrogens with zero attached hydrogens (tertiary/aromatic N) is 2. The lowest BCUT2D eigenvalue weighted by Gasteiger charge is -2.28. The molecule has 2 aromatic rings. The zero-order chi connectivity index (χ0) is 16.9. The molecule has 0 aromatic heterocycles. The van der Waals surface area contributed by atoms with Crippen LogP contribution in [0.15, 0.2) is 53.6 Å². The molecule has 0 spiro atoms. The molecular weight excluding hydrogens is 313 g/mol. The summed E-state index contributed by atoms with van der Waals surface area (Å²) in [5.74, 6) is -0.537. The summed E-state index contributed by atoms with van der Waals surface area (Å²) in [5, 5.41) is 3.80. The van der Waals surface area contributed by atoms with Gasteiger partial charge in [0, 0.05) is 0 Å². The van der Waals surface area contributed by atoms with Crippen LogP contribution in [0.3, 0.4) is 0 Å². The van der Waals surface area contributed by atoms with Crippen LogP contribution in [0, 0.1) is 5.82 Å². The Morgan fingerprint density at radius 3 is 2.79 bits per heavy atom. The van der Waals surface area contributed by atoms with Crippen LogP contribution < -0.4 is 15.1 Å². The number of nitrogens with one attached hydrogen (secondary N) is 1. The van der Waals surface area contributed by atoms with E-state index in [2.05, 4.69) is 10.5 Å². The SMILES string of the molecule is O=C(CN1C(=O)COc2ccccc21)N/N=C\c1ccc(F)cc1. The highest BCUT2D eigenvalue weighted by molar-refractivity contribution is 6.02. The van der Waals surface area contributed by atoms with Crippen molar-refractivity contribution in [1.29, 1.82) is 0 Å². The third-order valence-corrected chi connectivity index (χ3v) is 3.38. The zero-order valence-corrected chi connectivity index (χ0v) is 12.6. The molecule has 6 nitrogen and oxygen atoms in total. The first-order chi connectivity index (χ1) is 11.6. The molecule has 3 rings (SSSR count). The van der Waals surface area contributed by atoms with Crippen LogP contribution in [-0.4, -0.2) is 31.2 Å². The molecule has 122 valence electrons. The molecule has 1 N–H and O–H groups in total. The largest absolute Gasteiger partial charge is 0.482 e. The van der Waals surface area contributed by atoms with E-state index in [0.29, 0.717) is 17.0 Å². The molecule has 0 bridgehead atoms. The van der Waals surface area contributed by atoms with Crippen LogP contribution in [0.2, 0.25) is 0 Å². The van der Waals surface area contributed by atoms with Gasteiger partial charge in [0.05, 0.1) is 11.9 Å². The maximum absolute atomic E-state index is 12.8. The van der Waals surface area contributed by atoms with Crippen LogP contribution in [0.25, 0.3) is 0 Å². The lowest BCUT2D eigenvalue weighted by molar-refractivity contribution is -0.125. The van der Waals surface area contributed by atoms with E-state index in [-0.39, 0.29) is 24.9 Å². The van der Waals surface area contributed by atoms with Gasteiger partial charge < -0.3 is 4.74 Å². The number of hydrogen-bond donors (Lipinski definition) is 1. The minimum absolute atomic E-state index is 0.108. The van der Waals surface area contributed by atoms with Crippen molar-refractivity contribution in [1.82, 2.24) is 5.43 Å². The number of ether oxygens (including phenoxy) is 1. The minimum atomic E-state index is -0.446. The van der Waals surface area contributed by atoms with E-state index in [4.69, 9.17) is 4.74 Å². The fourth-order valence-electron chi connectivity index (χ4n) is 2.23. The van der Waals surface area contributed by atoms with E-state index in [0.717, 1.165) is 0 Å². The number of anilines is 1. The molecule has 24 heavy (non-hydrogen) atoms. The van der Waals surface area contributed by atoms with Crippen LogP contribution in [0.5, 0.6) is 5.75 Å². The van der Waals surface area contributed by atoms with Crippen LogP contribution in [-0.2, 0) is 9.59 Å². The highest BCUT2D eigenvalue weighted by Crippen LogP contribution is 2.31. The number of amides is 2. The van der Waals surface area contributed by atoms with Crippen molar-refractivity contribution in [2.75, 3.05) is 18.1 Å². The summed E-state index contributed by atoms with van der Waals surface area (Å²) in [6, 6.07) is 12.7. The molecule has 2 amide bonds. The van der Waals surface area contributed by atoms with Crippen LogP contribution >= 0.6 is 0 Å². The summed E-state index contributed by atoms with van der Waals surface area (Å²) in [5.41, 5.74) is 3.54. The standard InChI is InChI=1S/C17H14FN3O3/c18-13-7-5-12(6-8-13)9-19-20-16(22)10-21-14-3-1-2-4-15(14)24-11-17(21)23/h1-9H,10-11H2,(H,20,22)/b19-9-. The third kappa shape index (κ3) is 3.57. The van der Waals surface area contributed by atoms with Crippen molar-refractivity contribution in [3.05, 3.63) is 59.9 Å². The van der Waals surface area contributed by atoms with Gasteiger partial charge in [0.25, 0.3) is 11.8 Å². The summed E-state index contributed by atoms with van der Waals surface area (Å²) < 4.78 is 18.1. The highest BCUT2D eigenvalue weighted by Gasteiger charge is 2.26. The molecule has 1 heterocycles. The molecule has 1 aliphatic rings. The summed E-state index contributed by atoms with van der Waals surface area (Å²) in [7, 11) is 0. The average Bonchev–Trinajstić information content (AvgIpc) is 2.59. The number of fused-ring (bicyclic) bond motifs is 1. The number of carbonyl (C=O) groups is 2. The van der Waals surface area contributed by atoms with Gasteiger partial charge in [0.15, 0.2) is 6.61 Å². The van der Waals surface area contributed by atoms with Gasteiger partial charge in [-0.3, -0.25) is 14.5 Å². The van der Waals surface area contributed by atoms with E-state index in [1.54, 1.807) is 24.3 Å². The lowest BCUT2D eigenvalue weighted by atomic mass is 10.2. The van der Waals surface area contributed by atoms with E-state index < -0.39 is 5.91 Å². The predicted octanol–water partition coefficient (Wildman–Crippen LogP) is 1.70. The Hall–Kier alpha value is -3.22. The van der Waals surface area contributed by atoms with Crippen molar-refractivity contribution in [3.8, 4) is 5.75 Å². The molecule has 0 radical (unpaired) electrons. The topological polar surface area (TPSA) is 71.0 Å². The quantitative estimate of drug-likeness (QED) is 0.686. The van der Waals surface area contributed by atoms with Crippen LogP contribution in [0.4, 0.5) is 10.1 Å². The first-order valence-corrected chi connectivity index (χ1v) is 7.23. The Bertz CT molecular complexity index is 790. The van der Waals surface area contributed by atoms with Gasteiger partial charge in [-0.25, -0.2) is 9.82 Å². The molecule has 0 saturated heterocycles. The normalized spacial score (nSPS) is 13.5. The van der Waals surface area contributed by atoms with Gasteiger partial charge in [-0.1, -0.05) is 24.3 Å². The van der Waals surface area contributed by atoms with Crippen LogP contribution in [0.1, 0.15) is 5.56 Å². The van der Waals surface area contributed by atoms with Crippen molar-refractivity contribution in [2.24, 2.45) is 5.10 Å². The fraction of sp³-hybridized carbons (Fsp3) is 0.118. The monoisotopic (exact) mass is 327 g/mol. The van der Waals surface area contributed by atoms with Crippen molar-refractivity contribution < 1.29 is 18.7 Å². The Morgan fingerprint density at radius 2 is 2.00 bits per heavy atom. The molecule has 0 fully saturated rings. The summed E-state index contributed by atoms with van der Waals surface area (Å²) in [4.78, 5) is 25.3. The number of hydrogen-bond acceptors (Lipinski definition) is 4. The number of para-hydroxylation sites is 2. The lowest BCUT2D eigenvalue weighted by Crippen LogP contribution is -2.44. The Kier molecular flexibility index (Phi) is 4.51. The Morgan fingerprint density at radius 1 is 1.25 bits per heavy atom. The van der Waals surface area contributed by atoms with E-state index in [1.165, 1.54) is 35.4 Å².